The average molecular weight is 258 g/mol. The summed E-state index contributed by atoms with van der Waals surface area (Å²) >= 11 is 5.99. The van der Waals surface area contributed by atoms with E-state index in [1.54, 1.807) is 6.08 Å². The summed E-state index contributed by atoms with van der Waals surface area (Å²) in [6, 6.07) is 0. The predicted octanol–water partition coefficient (Wildman–Crippen LogP) is 0.548. The highest BCUT2D eigenvalue weighted by atomic mass is 32.2. The highest BCUT2D eigenvalue weighted by Crippen LogP contribution is 2.29. The minimum atomic E-state index is -1.09. The van der Waals surface area contributed by atoms with Crippen LogP contribution in [0.25, 0.3) is 0 Å². The fourth-order valence-electron chi connectivity index (χ4n) is 1.01. The number of rotatable bonds is 5. The molecule has 0 unspecified atom stereocenters. The molecule has 2 N–H and O–H groups in total. The number of thiocarbonyl (C=S) groups is 1. The van der Waals surface area contributed by atoms with Crippen molar-refractivity contribution in [2.75, 3.05) is 13.1 Å². The minimum absolute atomic E-state index is 0.263. The van der Waals surface area contributed by atoms with Crippen molar-refractivity contribution in [3.8, 4) is 0 Å². The molecular formula is C9H10N2O3S2. The first-order chi connectivity index (χ1) is 7.56. The summed E-state index contributed by atoms with van der Waals surface area (Å²) in [7, 11) is 0. The predicted molar refractivity (Wildman–Crippen MR) is 65.8 cm³/mol. The smallest absolute Gasteiger partial charge is 0.323 e. The third-order valence-electron chi connectivity index (χ3n) is 1.66. The molecule has 1 amide bonds. The van der Waals surface area contributed by atoms with Crippen LogP contribution in [0.1, 0.15) is 0 Å². The molecule has 1 fully saturated rings. The maximum atomic E-state index is 11.7. The SMILES string of the molecule is C=CCN/C=C1/SC(=S)N(CC(=O)O)C1=O. The van der Waals surface area contributed by atoms with Gasteiger partial charge >= 0.3 is 5.97 Å². The van der Waals surface area contributed by atoms with Gasteiger partial charge in [0.05, 0.1) is 4.91 Å². The number of nitrogens with one attached hydrogen (secondary N) is 1. The molecule has 1 saturated heterocycles. The number of nitrogens with zero attached hydrogens (tertiary/aromatic N) is 1. The van der Waals surface area contributed by atoms with Crippen molar-refractivity contribution >= 4 is 40.2 Å². The molecule has 0 aliphatic carbocycles. The van der Waals surface area contributed by atoms with Crippen LogP contribution in [0.15, 0.2) is 23.8 Å². The molecular weight excluding hydrogens is 248 g/mol. The number of hydrogen-bond acceptors (Lipinski definition) is 5. The van der Waals surface area contributed by atoms with Crippen molar-refractivity contribution in [1.29, 1.82) is 0 Å². The van der Waals surface area contributed by atoms with Crippen LogP contribution < -0.4 is 5.32 Å². The Labute approximate surface area is 102 Å². The fraction of sp³-hybridized carbons (Fsp3) is 0.222. The number of carbonyl (C=O) groups excluding carboxylic acids is 1. The van der Waals surface area contributed by atoms with Crippen LogP contribution in [0.4, 0.5) is 0 Å². The van der Waals surface area contributed by atoms with Crippen molar-refractivity contribution in [2.24, 2.45) is 0 Å². The molecule has 0 aromatic heterocycles. The molecule has 7 heteroatoms. The molecule has 0 radical (unpaired) electrons. The van der Waals surface area contributed by atoms with Gasteiger partial charge in [-0.3, -0.25) is 14.5 Å². The van der Waals surface area contributed by atoms with Crippen LogP contribution in [0.5, 0.6) is 0 Å². The van der Waals surface area contributed by atoms with Gasteiger partial charge in [-0.25, -0.2) is 0 Å². The Morgan fingerprint density at radius 1 is 1.69 bits per heavy atom. The molecule has 0 bridgehead atoms. The van der Waals surface area contributed by atoms with Gasteiger partial charge in [-0.2, -0.15) is 0 Å². The second-order valence-corrected chi connectivity index (χ2v) is 4.53. The van der Waals surface area contributed by atoms with E-state index < -0.39 is 12.5 Å². The van der Waals surface area contributed by atoms with Crippen LogP contribution in [0.3, 0.4) is 0 Å². The van der Waals surface area contributed by atoms with Gasteiger partial charge in [0.2, 0.25) is 0 Å². The van der Waals surface area contributed by atoms with Gasteiger partial charge in [-0.1, -0.05) is 30.1 Å². The molecule has 0 atom stereocenters. The van der Waals surface area contributed by atoms with E-state index in [9.17, 15) is 9.59 Å². The van der Waals surface area contributed by atoms with E-state index in [2.05, 4.69) is 11.9 Å². The molecule has 0 saturated carbocycles. The lowest BCUT2D eigenvalue weighted by molar-refractivity contribution is -0.140. The van der Waals surface area contributed by atoms with E-state index in [0.717, 1.165) is 16.7 Å². The highest BCUT2D eigenvalue weighted by Gasteiger charge is 2.33. The van der Waals surface area contributed by atoms with Crippen molar-refractivity contribution < 1.29 is 14.7 Å². The molecule has 16 heavy (non-hydrogen) atoms. The van der Waals surface area contributed by atoms with E-state index in [-0.39, 0.29) is 10.2 Å². The zero-order chi connectivity index (χ0) is 12.1. The molecule has 1 rings (SSSR count). The Hall–Kier alpha value is -1.34. The Bertz CT molecular complexity index is 379. The van der Waals surface area contributed by atoms with Crippen LogP contribution in [0.2, 0.25) is 0 Å². The Kier molecular flexibility index (Phi) is 4.51. The normalized spacial score (nSPS) is 18.0. The molecule has 1 aliphatic heterocycles. The summed E-state index contributed by atoms with van der Waals surface area (Å²) in [6.07, 6.45) is 3.16. The number of carbonyl (C=O) groups is 2. The fourth-order valence-corrected chi connectivity index (χ4v) is 2.21. The van der Waals surface area contributed by atoms with E-state index in [1.807, 2.05) is 0 Å². The van der Waals surface area contributed by atoms with E-state index in [0.29, 0.717) is 11.4 Å². The largest absolute Gasteiger partial charge is 0.480 e. The second kappa shape index (κ2) is 5.66. The average Bonchev–Trinajstić information content (AvgIpc) is 2.46. The third-order valence-corrected chi connectivity index (χ3v) is 3.04. The standard InChI is InChI=1S/C9H10N2O3S2/c1-2-3-10-4-6-8(14)11(5-7(12)13)9(15)16-6/h2,4,10H,1,3,5H2,(H,12,13)/b6-4+. The number of amides is 1. The molecule has 0 spiro atoms. The molecule has 5 nitrogen and oxygen atoms in total. The van der Waals surface area contributed by atoms with E-state index in [1.165, 1.54) is 6.20 Å². The first-order valence-corrected chi connectivity index (χ1v) is 5.58. The topological polar surface area (TPSA) is 69.6 Å². The minimum Gasteiger partial charge on any atom is -0.480 e. The number of aliphatic carboxylic acids is 1. The summed E-state index contributed by atoms with van der Waals surface area (Å²) in [5, 5.41) is 11.4. The first kappa shape index (κ1) is 12.7. The second-order valence-electron chi connectivity index (χ2n) is 2.86. The van der Waals surface area contributed by atoms with Crippen molar-refractivity contribution in [1.82, 2.24) is 10.2 Å². The molecule has 0 aromatic carbocycles. The quantitative estimate of drug-likeness (QED) is 0.325. The molecule has 1 aliphatic rings. The maximum Gasteiger partial charge on any atom is 0.323 e. The molecule has 1 heterocycles. The Balaban J connectivity index is 2.69. The molecule has 86 valence electrons. The van der Waals surface area contributed by atoms with Gasteiger partial charge < -0.3 is 10.4 Å². The lowest BCUT2D eigenvalue weighted by Gasteiger charge is -2.10. The van der Waals surface area contributed by atoms with Crippen LogP contribution in [-0.4, -0.2) is 39.3 Å². The third kappa shape index (κ3) is 3.07. The van der Waals surface area contributed by atoms with Crippen LogP contribution in [-0.2, 0) is 9.59 Å². The van der Waals surface area contributed by atoms with Gasteiger partial charge in [0, 0.05) is 12.7 Å². The summed E-state index contributed by atoms with van der Waals surface area (Å²) in [5.41, 5.74) is 0. The van der Waals surface area contributed by atoms with Gasteiger partial charge in [-0.15, -0.1) is 6.58 Å². The lowest BCUT2D eigenvalue weighted by Crippen LogP contribution is -2.33. The lowest BCUT2D eigenvalue weighted by atomic mass is 10.4. The van der Waals surface area contributed by atoms with Gasteiger partial charge in [0.1, 0.15) is 10.9 Å². The van der Waals surface area contributed by atoms with Crippen LogP contribution in [0, 0.1) is 0 Å². The number of carboxylic acid groups (broad SMARTS) is 1. The van der Waals surface area contributed by atoms with Gasteiger partial charge in [-0.05, 0) is 0 Å². The monoisotopic (exact) mass is 258 g/mol. The zero-order valence-electron chi connectivity index (χ0n) is 8.30. The van der Waals surface area contributed by atoms with Gasteiger partial charge in [0.25, 0.3) is 5.91 Å². The Morgan fingerprint density at radius 3 is 2.94 bits per heavy atom. The highest BCUT2D eigenvalue weighted by molar-refractivity contribution is 8.26. The van der Waals surface area contributed by atoms with Crippen LogP contribution >= 0.6 is 24.0 Å². The van der Waals surface area contributed by atoms with Crippen molar-refractivity contribution in [3.05, 3.63) is 23.8 Å². The number of hydrogen-bond donors (Lipinski definition) is 2. The summed E-state index contributed by atoms with van der Waals surface area (Å²) in [5.74, 6) is -1.47. The summed E-state index contributed by atoms with van der Waals surface area (Å²) in [6.45, 7) is 3.65. The maximum absolute atomic E-state index is 11.7. The van der Waals surface area contributed by atoms with E-state index >= 15 is 0 Å². The number of carboxylic acids is 1. The molecule has 0 aromatic rings. The van der Waals surface area contributed by atoms with Crippen molar-refractivity contribution in [2.45, 2.75) is 0 Å². The zero-order valence-corrected chi connectivity index (χ0v) is 9.94. The Morgan fingerprint density at radius 2 is 2.38 bits per heavy atom. The summed E-state index contributed by atoms with van der Waals surface area (Å²) < 4.78 is 0.263. The first-order valence-electron chi connectivity index (χ1n) is 4.36. The summed E-state index contributed by atoms with van der Waals surface area (Å²) in [4.78, 5) is 23.6. The number of thioether (sulfide) groups is 1. The van der Waals surface area contributed by atoms with Crippen molar-refractivity contribution in [3.63, 3.8) is 0 Å². The van der Waals surface area contributed by atoms with E-state index in [4.69, 9.17) is 17.3 Å². The van der Waals surface area contributed by atoms with Gasteiger partial charge in [0.15, 0.2) is 0 Å².